The summed E-state index contributed by atoms with van der Waals surface area (Å²) in [7, 11) is 0. The maximum Gasteiger partial charge on any atom is 0.171 e. The van der Waals surface area contributed by atoms with Crippen LogP contribution in [0.5, 0.6) is 0 Å². The van der Waals surface area contributed by atoms with Crippen molar-refractivity contribution in [2.24, 2.45) is 0 Å². The first-order valence-electron chi connectivity index (χ1n) is 1.76. The van der Waals surface area contributed by atoms with Crippen LogP contribution in [0.25, 0.3) is 0 Å². The van der Waals surface area contributed by atoms with Gasteiger partial charge in [-0.15, -0.1) is 0 Å². The van der Waals surface area contributed by atoms with Crippen LogP contribution >= 0.6 is 12.2 Å². The van der Waals surface area contributed by atoms with Crippen molar-refractivity contribution in [1.82, 2.24) is 10.2 Å². The Balaban J connectivity index is 0. The average Bonchev–Trinajstić information content (AvgIpc) is 1.87. The minimum absolute atomic E-state index is 0. The fourth-order valence-corrected chi connectivity index (χ4v) is 0.440. The van der Waals surface area contributed by atoms with Crippen molar-refractivity contribution in [2.75, 3.05) is 0 Å². The van der Waals surface area contributed by atoms with E-state index in [1.807, 2.05) is 0 Å². The molecule has 0 saturated carbocycles. The number of rotatable bonds is 0. The third-order valence-corrected chi connectivity index (χ3v) is 0.672. The van der Waals surface area contributed by atoms with Gasteiger partial charge in [0.1, 0.15) is 4.84 Å². The van der Waals surface area contributed by atoms with E-state index in [4.69, 9.17) is 0 Å². The largest absolute Gasteiger partial charge is 0.532 e. The van der Waals surface area contributed by atoms with Crippen LogP contribution in [0.15, 0.2) is 4.42 Å². The Labute approximate surface area is 108 Å². The Morgan fingerprint density at radius 1 is 1.56 bits per heavy atom. The second-order valence-corrected chi connectivity index (χ2v) is 1.44. The van der Waals surface area contributed by atoms with Crippen LogP contribution < -0.4 is 5.10 Å². The molecule has 3 nitrogen and oxygen atoms in total. The molecular formula is C3H3N2OSY2-. The molecule has 2 radical (unpaired) electrons. The fraction of sp³-hybridized carbons (Fsp3) is 0.333. The molecule has 9 heavy (non-hydrogen) atoms. The maximum absolute atomic E-state index is 4.68. The van der Waals surface area contributed by atoms with Crippen LogP contribution in [0.4, 0.5) is 0 Å². The van der Waals surface area contributed by atoms with Gasteiger partial charge in [-0.2, -0.15) is 0 Å². The molecule has 0 aliphatic carbocycles. The van der Waals surface area contributed by atoms with Gasteiger partial charge in [-0.3, -0.25) is 0 Å². The summed E-state index contributed by atoms with van der Waals surface area (Å²) in [6.45, 7) is 1.70. The molecule has 0 unspecified atom stereocenters. The summed E-state index contributed by atoms with van der Waals surface area (Å²) in [6.07, 6.45) is 0. The first-order chi connectivity index (χ1) is 3.29. The van der Waals surface area contributed by atoms with Crippen LogP contribution in [0.3, 0.4) is 0 Å². The van der Waals surface area contributed by atoms with Crippen molar-refractivity contribution >= 4 is 12.2 Å². The first kappa shape index (κ1) is 13.2. The molecule has 1 aromatic heterocycles. The second kappa shape index (κ2) is 6.29. The summed E-state index contributed by atoms with van der Waals surface area (Å²) in [6, 6.07) is 0. The van der Waals surface area contributed by atoms with Gasteiger partial charge in [-0.25, -0.2) is 0 Å². The zero-order chi connectivity index (χ0) is 5.28. The monoisotopic (exact) mass is 293 g/mol. The molecule has 0 aliphatic rings. The molecule has 0 spiro atoms. The molecule has 0 aromatic carbocycles. The van der Waals surface area contributed by atoms with Crippen molar-refractivity contribution in [3.05, 3.63) is 10.7 Å². The molecule has 1 aromatic rings. The average molecular weight is 293 g/mol. The standard InChI is InChI=1S/C3H4N2OS.2Y/c1-2-4-5-3(7)6-2;;/h1H3,(H,5,7);;/p-1. The molecule has 6 heteroatoms. The summed E-state index contributed by atoms with van der Waals surface area (Å²) in [4.78, 5) is 0.206. The summed E-state index contributed by atoms with van der Waals surface area (Å²) in [5.74, 6) is 0.519. The summed E-state index contributed by atoms with van der Waals surface area (Å²) < 4.78 is 4.68. The van der Waals surface area contributed by atoms with Crippen molar-refractivity contribution in [3.63, 3.8) is 0 Å². The Morgan fingerprint density at radius 2 is 2.11 bits per heavy atom. The zero-order valence-corrected chi connectivity index (χ0v) is 11.4. The second-order valence-electron chi connectivity index (χ2n) is 1.09. The zero-order valence-electron chi connectivity index (χ0n) is 4.87. The number of hydrogen-bond acceptors (Lipinski definition) is 3. The molecule has 0 amide bonds. The molecule has 0 aliphatic heterocycles. The topological polar surface area (TPSA) is 40.1 Å². The molecule has 0 saturated heterocycles. The number of nitrogens with zero attached hydrogens (tertiary/aromatic N) is 2. The Bertz CT molecular complexity index is 208. The van der Waals surface area contributed by atoms with Gasteiger partial charge in [0.15, 0.2) is 5.89 Å². The number of aromatic nitrogens is 2. The molecule has 0 N–H and O–H groups in total. The van der Waals surface area contributed by atoms with Crippen molar-refractivity contribution in [1.29, 1.82) is 0 Å². The van der Waals surface area contributed by atoms with E-state index < -0.39 is 0 Å². The van der Waals surface area contributed by atoms with Gasteiger partial charge in [-0.05, 0) is 0 Å². The van der Waals surface area contributed by atoms with Gasteiger partial charge in [0.25, 0.3) is 0 Å². The summed E-state index contributed by atoms with van der Waals surface area (Å²) in [5.41, 5.74) is 0. The minimum Gasteiger partial charge on any atom is -0.532 e. The van der Waals surface area contributed by atoms with Gasteiger partial charge in [0.2, 0.25) is 0 Å². The molecule has 44 valence electrons. The molecule has 0 bridgehead atoms. The van der Waals surface area contributed by atoms with Crippen LogP contribution in [-0.2, 0) is 65.4 Å². The van der Waals surface area contributed by atoms with Gasteiger partial charge in [0, 0.05) is 72.3 Å². The van der Waals surface area contributed by atoms with Crippen molar-refractivity contribution < 1.29 is 69.8 Å². The van der Waals surface area contributed by atoms with Gasteiger partial charge in [-0.1, -0.05) is 12.2 Å². The summed E-state index contributed by atoms with van der Waals surface area (Å²) in [5, 5.41) is 6.91. The van der Waals surface area contributed by atoms with E-state index in [9.17, 15) is 0 Å². The first-order valence-corrected chi connectivity index (χ1v) is 2.17. The maximum atomic E-state index is 4.68. The van der Waals surface area contributed by atoms with Crippen LogP contribution in [0.2, 0.25) is 0 Å². The molecule has 1 heterocycles. The third-order valence-electron chi connectivity index (χ3n) is 0.507. The van der Waals surface area contributed by atoms with Gasteiger partial charge >= 0.3 is 0 Å². The SMILES string of the molecule is Cc1n[n-]c(=S)o1.[Y].[Y]. The van der Waals surface area contributed by atoms with Crippen LogP contribution in [0.1, 0.15) is 5.89 Å². The summed E-state index contributed by atoms with van der Waals surface area (Å²) >= 11 is 4.49. The Kier molecular flexibility index (Phi) is 9.21. The Morgan fingerprint density at radius 3 is 2.22 bits per heavy atom. The quantitative estimate of drug-likeness (QED) is 0.659. The van der Waals surface area contributed by atoms with E-state index in [1.165, 1.54) is 0 Å². The number of hydrogen-bond donors (Lipinski definition) is 0. The van der Waals surface area contributed by atoms with E-state index in [0.717, 1.165) is 0 Å². The molecule has 0 fully saturated rings. The fourth-order valence-electron chi connectivity index (χ4n) is 0.278. The van der Waals surface area contributed by atoms with E-state index in [2.05, 4.69) is 26.8 Å². The predicted octanol–water partition coefficient (Wildman–Crippen LogP) is 0.665. The van der Waals surface area contributed by atoms with E-state index in [-0.39, 0.29) is 70.3 Å². The van der Waals surface area contributed by atoms with Crippen LogP contribution in [-0.4, -0.2) is 5.10 Å². The van der Waals surface area contributed by atoms with Gasteiger partial charge in [0.05, 0.1) is 0 Å². The Hall–Kier alpha value is 1.57. The normalized spacial score (nSPS) is 7.22. The molecular weight excluding hydrogens is 290 g/mol. The third kappa shape index (κ3) is 4.91. The van der Waals surface area contributed by atoms with E-state index in [1.54, 1.807) is 6.92 Å². The van der Waals surface area contributed by atoms with Crippen molar-refractivity contribution in [2.45, 2.75) is 6.92 Å². The molecule has 0 atom stereocenters. The minimum atomic E-state index is 0. The van der Waals surface area contributed by atoms with E-state index in [0.29, 0.717) is 5.89 Å². The van der Waals surface area contributed by atoms with Crippen LogP contribution in [0, 0.1) is 11.8 Å². The van der Waals surface area contributed by atoms with Gasteiger partial charge < -0.3 is 14.6 Å². The number of aryl methyl sites for hydroxylation is 1. The smallest absolute Gasteiger partial charge is 0.171 e. The predicted molar refractivity (Wildman–Crippen MR) is 25.4 cm³/mol. The molecule has 1 rings (SSSR count). The van der Waals surface area contributed by atoms with Crippen molar-refractivity contribution in [3.8, 4) is 0 Å². The van der Waals surface area contributed by atoms with E-state index >= 15 is 0 Å².